The molecule has 0 atom stereocenters. The van der Waals surface area contributed by atoms with Crippen LogP contribution in [-0.2, 0) is 0 Å². The number of pyridine rings is 1. The maximum Gasteiger partial charge on any atom is 0.114 e. The molecule has 49 valence electrons. The van der Waals surface area contributed by atoms with Gasteiger partial charge in [-0.1, -0.05) is 6.07 Å². The summed E-state index contributed by atoms with van der Waals surface area (Å²) in [6.45, 7) is 2.02. The zero-order valence-corrected chi connectivity index (χ0v) is 5.70. The Balaban J connectivity index is 2.95. The van der Waals surface area contributed by atoms with E-state index in [2.05, 4.69) is 11.3 Å². The summed E-state index contributed by atoms with van der Waals surface area (Å²) in [5.74, 6) is 0. The zero-order valence-electron chi connectivity index (χ0n) is 5.70. The number of nitrogens with zero attached hydrogens (tertiary/aromatic N) is 2. The lowest BCUT2D eigenvalue weighted by molar-refractivity contribution is 0.911. The maximum atomic E-state index is 4.01. The summed E-state index contributed by atoms with van der Waals surface area (Å²) in [6, 6.07) is 7.91. The first-order chi connectivity index (χ1) is 4.88. The molecule has 2 aromatic rings. The van der Waals surface area contributed by atoms with Gasteiger partial charge >= 0.3 is 0 Å². The third kappa shape index (κ3) is 0.620. The maximum absolute atomic E-state index is 4.01. The summed E-state index contributed by atoms with van der Waals surface area (Å²) in [4.78, 5) is 0. The summed E-state index contributed by atoms with van der Waals surface area (Å²) in [5, 5.41) is 4.01. The summed E-state index contributed by atoms with van der Waals surface area (Å²) < 4.78 is 1.86. The van der Waals surface area contributed by atoms with Crippen molar-refractivity contribution in [2.45, 2.75) is 6.92 Å². The Morgan fingerprint density at radius 1 is 1.50 bits per heavy atom. The van der Waals surface area contributed by atoms with Crippen molar-refractivity contribution < 1.29 is 0 Å². The van der Waals surface area contributed by atoms with Gasteiger partial charge in [0.1, 0.15) is 6.20 Å². The van der Waals surface area contributed by atoms with Gasteiger partial charge in [-0.25, -0.2) is 4.52 Å². The lowest BCUT2D eigenvalue weighted by Gasteiger charge is -1.95. The zero-order chi connectivity index (χ0) is 6.97. The van der Waals surface area contributed by atoms with Gasteiger partial charge in [-0.2, -0.15) is 5.10 Å². The van der Waals surface area contributed by atoms with Gasteiger partial charge in [0, 0.05) is 5.69 Å². The second-order valence-corrected chi connectivity index (χ2v) is 2.28. The number of fused-ring (bicyclic) bond motifs is 1. The Labute approximate surface area is 59.1 Å². The van der Waals surface area contributed by atoms with Gasteiger partial charge < -0.3 is 0 Å². The van der Waals surface area contributed by atoms with Gasteiger partial charge in [-0.15, -0.1) is 0 Å². The molecule has 0 unspecified atom stereocenters. The van der Waals surface area contributed by atoms with E-state index in [1.165, 1.54) is 0 Å². The summed E-state index contributed by atoms with van der Waals surface area (Å²) in [7, 11) is 0. The van der Waals surface area contributed by atoms with Gasteiger partial charge in [-0.05, 0) is 25.1 Å². The molecule has 10 heavy (non-hydrogen) atoms. The van der Waals surface area contributed by atoms with Crippen LogP contribution in [0.15, 0.2) is 24.3 Å². The molecule has 2 rings (SSSR count). The topological polar surface area (TPSA) is 17.3 Å². The Kier molecular flexibility index (Phi) is 1.01. The van der Waals surface area contributed by atoms with E-state index in [0.29, 0.717) is 0 Å². The molecule has 0 fully saturated rings. The van der Waals surface area contributed by atoms with Crippen molar-refractivity contribution >= 4 is 5.52 Å². The van der Waals surface area contributed by atoms with Gasteiger partial charge in [-0.3, -0.25) is 0 Å². The third-order valence-corrected chi connectivity index (χ3v) is 1.55. The van der Waals surface area contributed by atoms with Crippen molar-refractivity contribution in [2.24, 2.45) is 0 Å². The molecule has 0 amide bonds. The fraction of sp³-hybridized carbons (Fsp3) is 0.125. The highest BCUT2D eigenvalue weighted by molar-refractivity contribution is 5.45. The van der Waals surface area contributed by atoms with Gasteiger partial charge in [0.2, 0.25) is 0 Å². The van der Waals surface area contributed by atoms with E-state index in [9.17, 15) is 0 Å². The summed E-state index contributed by atoms with van der Waals surface area (Å²) in [6.07, 6.45) is 2.79. The SMILES string of the molecule is Cc1cccc2c[c]nn12. The number of aromatic nitrogens is 2. The molecule has 0 saturated heterocycles. The Morgan fingerprint density at radius 3 is 3.20 bits per heavy atom. The standard InChI is InChI=1S/C8H7N2/c1-7-3-2-4-8-5-6-9-10(7)8/h2-5H,1H3. The van der Waals surface area contributed by atoms with Crippen LogP contribution in [0.3, 0.4) is 0 Å². The van der Waals surface area contributed by atoms with Crippen LogP contribution < -0.4 is 0 Å². The third-order valence-electron chi connectivity index (χ3n) is 1.55. The monoisotopic (exact) mass is 131 g/mol. The molecule has 0 N–H and O–H groups in total. The van der Waals surface area contributed by atoms with E-state index in [4.69, 9.17) is 0 Å². The first-order valence-electron chi connectivity index (χ1n) is 3.19. The second-order valence-electron chi connectivity index (χ2n) is 2.28. The van der Waals surface area contributed by atoms with Crippen LogP contribution in [0.25, 0.3) is 5.52 Å². The molecule has 2 heterocycles. The molecular formula is C8H7N2. The van der Waals surface area contributed by atoms with Gasteiger partial charge in [0.25, 0.3) is 0 Å². The lowest BCUT2D eigenvalue weighted by atomic mass is 10.3. The Morgan fingerprint density at radius 2 is 2.40 bits per heavy atom. The molecule has 0 saturated carbocycles. The van der Waals surface area contributed by atoms with E-state index < -0.39 is 0 Å². The predicted octanol–water partition coefficient (Wildman–Crippen LogP) is 1.44. The summed E-state index contributed by atoms with van der Waals surface area (Å²) in [5.41, 5.74) is 2.23. The molecule has 2 aromatic heterocycles. The van der Waals surface area contributed by atoms with Crippen LogP contribution in [0.4, 0.5) is 0 Å². The molecular weight excluding hydrogens is 124 g/mol. The lowest BCUT2D eigenvalue weighted by Crippen LogP contribution is -1.90. The minimum absolute atomic E-state index is 1.10. The van der Waals surface area contributed by atoms with Crippen LogP contribution in [0.2, 0.25) is 0 Å². The van der Waals surface area contributed by atoms with Crippen LogP contribution in [0, 0.1) is 13.1 Å². The molecule has 0 bridgehead atoms. The molecule has 0 aromatic carbocycles. The van der Waals surface area contributed by atoms with Crippen molar-refractivity contribution in [1.29, 1.82) is 0 Å². The largest absolute Gasteiger partial charge is 0.237 e. The minimum atomic E-state index is 1.10. The van der Waals surface area contributed by atoms with Crippen molar-refractivity contribution in [3.8, 4) is 0 Å². The first-order valence-corrected chi connectivity index (χ1v) is 3.19. The quantitative estimate of drug-likeness (QED) is 0.529. The normalized spacial score (nSPS) is 10.5. The Bertz CT molecular complexity index is 349. The molecule has 2 heteroatoms. The smallest absolute Gasteiger partial charge is 0.114 e. The molecule has 0 aliphatic heterocycles. The van der Waals surface area contributed by atoms with Crippen molar-refractivity contribution in [2.75, 3.05) is 0 Å². The number of hydrogen-bond donors (Lipinski definition) is 0. The number of aryl methyl sites for hydroxylation is 1. The van der Waals surface area contributed by atoms with Crippen molar-refractivity contribution in [1.82, 2.24) is 9.61 Å². The predicted molar refractivity (Wildman–Crippen MR) is 38.8 cm³/mol. The highest BCUT2D eigenvalue weighted by Crippen LogP contribution is 2.03. The van der Waals surface area contributed by atoms with E-state index in [1.807, 2.05) is 35.7 Å². The average molecular weight is 131 g/mol. The second kappa shape index (κ2) is 1.84. The summed E-state index contributed by atoms with van der Waals surface area (Å²) >= 11 is 0. The van der Waals surface area contributed by atoms with Crippen LogP contribution in [0.5, 0.6) is 0 Å². The van der Waals surface area contributed by atoms with E-state index in [0.717, 1.165) is 11.2 Å². The first kappa shape index (κ1) is 5.47. The van der Waals surface area contributed by atoms with Crippen LogP contribution in [-0.4, -0.2) is 9.61 Å². The highest BCUT2D eigenvalue weighted by atomic mass is 15.2. The number of hydrogen-bond acceptors (Lipinski definition) is 1. The fourth-order valence-corrected chi connectivity index (χ4v) is 1.03. The average Bonchev–Trinajstić information content (AvgIpc) is 2.36. The number of rotatable bonds is 0. The molecule has 0 aliphatic rings. The van der Waals surface area contributed by atoms with Gasteiger partial charge in [0.05, 0.1) is 5.52 Å². The minimum Gasteiger partial charge on any atom is -0.237 e. The van der Waals surface area contributed by atoms with E-state index in [-0.39, 0.29) is 0 Å². The highest BCUT2D eigenvalue weighted by Gasteiger charge is 1.92. The molecule has 1 radical (unpaired) electrons. The molecule has 0 aliphatic carbocycles. The molecule has 0 spiro atoms. The van der Waals surface area contributed by atoms with E-state index in [1.54, 1.807) is 0 Å². The Hall–Kier alpha value is -1.31. The van der Waals surface area contributed by atoms with Crippen molar-refractivity contribution in [3.05, 3.63) is 36.2 Å². The van der Waals surface area contributed by atoms with Crippen LogP contribution in [0.1, 0.15) is 5.69 Å². The molecule has 2 nitrogen and oxygen atoms in total. The van der Waals surface area contributed by atoms with E-state index >= 15 is 0 Å². The van der Waals surface area contributed by atoms with Crippen molar-refractivity contribution in [3.63, 3.8) is 0 Å². The fourth-order valence-electron chi connectivity index (χ4n) is 1.03. The van der Waals surface area contributed by atoms with Crippen LogP contribution >= 0.6 is 0 Å². The van der Waals surface area contributed by atoms with Gasteiger partial charge in [0.15, 0.2) is 0 Å².